The molecular weight excluding hydrogens is 284 g/mol. The molecule has 0 aromatic carbocycles. The van der Waals surface area contributed by atoms with Crippen molar-refractivity contribution in [1.82, 2.24) is 13.9 Å². The molecule has 0 aliphatic heterocycles. The molecule has 0 saturated carbocycles. The second-order valence-corrected chi connectivity index (χ2v) is 6.67. The number of aryl methyl sites for hydroxylation is 1. The predicted octanol–water partition coefficient (Wildman–Crippen LogP) is -1.51. The highest BCUT2D eigenvalue weighted by Gasteiger charge is 2.23. The number of nitrogens with two attached hydrogens (primary N) is 1. The van der Waals surface area contributed by atoms with Gasteiger partial charge in [0.25, 0.3) is 5.56 Å². The zero-order valence-corrected chi connectivity index (χ0v) is 12.8. The van der Waals surface area contributed by atoms with Gasteiger partial charge in [-0.15, -0.1) is 0 Å². The highest BCUT2D eigenvalue weighted by molar-refractivity contribution is 7.89. The van der Waals surface area contributed by atoms with Crippen LogP contribution in [-0.4, -0.2) is 29.6 Å². The van der Waals surface area contributed by atoms with E-state index in [2.05, 4.69) is 4.72 Å². The Balaban J connectivity index is 3.24. The van der Waals surface area contributed by atoms with Gasteiger partial charge in [0.05, 0.1) is 0 Å². The molecule has 20 heavy (non-hydrogen) atoms. The van der Waals surface area contributed by atoms with Gasteiger partial charge in [0, 0.05) is 32.4 Å². The third kappa shape index (κ3) is 3.56. The molecule has 1 aromatic heterocycles. The van der Waals surface area contributed by atoms with Gasteiger partial charge < -0.3 is 10.3 Å². The first-order valence-electron chi connectivity index (χ1n) is 6.11. The Labute approximate surface area is 117 Å². The van der Waals surface area contributed by atoms with E-state index >= 15 is 0 Å². The Morgan fingerprint density at radius 2 is 1.85 bits per heavy atom. The highest BCUT2D eigenvalue weighted by Crippen LogP contribution is 2.04. The molecule has 0 amide bonds. The summed E-state index contributed by atoms with van der Waals surface area (Å²) in [5.74, 6) is 0. The van der Waals surface area contributed by atoms with Crippen molar-refractivity contribution >= 4 is 10.0 Å². The molecule has 9 heteroatoms. The number of hydrogen-bond acceptors (Lipinski definition) is 5. The quantitative estimate of drug-likeness (QED) is 0.686. The van der Waals surface area contributed by atoms with Crippen LogP contribution in [0.5, 0.6) is 0 Å². The Hall–Kier alpha value is -1.45. The third-order valence-electron chi connectivity index (χ3n) is 2.79. The second-order valence-electron chi connectivity index (χ2n) is 4.99. The topological polar surface area (TPSA) is 116 Å². The van der Waals surface area contributed by atoms with Crippen LogP contribution in [0, 0.1) is 0 Å². The predicted molar refractivity (Wildman–Crippen MR) is 75.0 cm³/mol. The van der Waals surface area contributed by atoms with Gasteiger partial charge in [0.15, 0.2) is 4.90 Å². The molecule has 2 atom stereocenters. The van der Waals surface area contributed by atoms with Crippen molar-refractivity contribution in [2.45, 2.75) is 37.2 Å². The van der Waals surface area contributed by atoms with Gasteiger partial charge in [-0.3, -0.25) is 9.36 Å². The smallest absolute Gasteiger partial charge is 0.328 e. The molecule has 0 aliphatic carbocycles. The Kier molecular flexibility index (Phi) is 4.90. The van der Waals surface area contributed by atoms with Crippen molar-refractivity contribution in [3.05, 3.63) is 27.0 Å². The molecule has 3 N–H and O–H groups in total. The number of aromatic nitrogens is 2. The van der Waals surface area contributed by atoms with E-state index < -0.39 is 32.2 Å². The maximum Gasteiger partial charge on any atom is 0.330 e. The summed E-state index contributed by atoms with van der Waals surface area (Å²) in [5, 5.41) is 0. The fourth-order valence-electron chi connectivity index (χ4n) is 1.89. The fourth-order valence-corrected chi connectivity index (χ4v) is 3.31. The van der Waals surface area contributed by atoms with Crippen LogP contribution in [-0.2, 0) is 24.1 Å². The van der Waals surface area contributed by atoms with Gasteiger partial charge in [-0.05, 0) is 20.3 Å². The van der Waals surface area contributed by atoms with E-state index in [0.29, 0.717) is 6.42 Å². The minimum Gasteiger partial charge on any atom is -0.328 e. The normalized spacial score (nSPS) is 15.1. The number of nitrogens with one attached hydrogen (secondary N) is 1. The molecule has 1 rings (SSSR count). The van der Waals surface area contributed by atoms with Gasteiger partial charge >= 0.3 is 5.69 Å². The molecule has 1 heterocycles. The van der Waals surface area contributed by atoms with Crippen LogP contribution in [0.4, 0.5) is 0 Å². The molecule has 1 aromatic rings. The average Bonchev–Trinajstić information content (AvgIpc) is 2.29. The Morgan fingerprint density at radius 1 is 1.30 bits per heavy atom. The number of nitrogens with zero attached hydrogens (tertiary/aromatic N) is 2. The Bertz CT molecular complexity index is 702. The maximum absolute atomic E-state index is 12.2. The van der Waals surface area contributed by atoms with Crippen LogP contribution in [0.25, 0.3) is 0 Å². The summed E-state index contributed by atoms with van der Waals surface area (Å²) >= 11 is 0. The lowest BCUT2D eigenvalue weighted by Crippen LogP contribution is -2.43. The van der Waals surface area contributed by atoms with Gasteiger partial charge in [-0.2, -0.15) is 0 Å². The zero-order valence-electron chi connectivity index (χ0n) is 12.0. The molecule has 0 spiro atoms. The summed E-state index contributed by atoms with van der Waals surface area (Å²) in [6, 6.07) is -0.586. The SMILES string of the molecule is CC(N)CC(C)NS(=O)(=O)c1cn(C)c(=O)n(C)c1=O. The third-order valence-corrected chi connectivity index (χ3v) is 4.36. The van der Waals surface area contributed by atoms with Crippen LogP contribution in [0.1, 0.15) is 20.3 Å². The second kappa shape index (κ2) is 5.90. The minimum absolute atomic E-state index is 0.171. The van der Waals surface area contributed by atoms with Crippen molar-refractivity contribution in [3.63, 3.8) is 0 Å². The van der Waals surface area contributed by atoms with Crippen LogP contribution in [0.3, 0.4) is 0 Å². The lowest BCUT2D eigenvalue weighted by atomic mass is 10.1. The van der Waals surface area contributed by atoms with E-state index in [1.165, 1.54) is 14.1 Å². The van der Waals surface area contributed by atoms with Crippen LogP contribution >= 0.6 is 0 Å². The highest BCUT2D eigenvalue weighted by atomic mass is 32.2. The van der Waals surface area contributed by atoms with Crippen molar-refractivity contribution < 1.29 is 8.42 Å². The van der Waals surface area contributed by atoms with E-state index in [-0.39, 0.29) is 6.04 Å². The Morgan fingerprint density at radius 3 is 2.35 bits per heavy atom. The van der Waals surface area contributed by atoms with Gasteiger partial charge in [-0.25, -0.2) is 17.9 Å². The number of sulfonamides is 1. The largest absolute Gasteiger partial charge is 0.330 e. The molecule has 8 nitrogen and oxygen atoms in total. The average molecular weight is 304 g/mol. The summed E-state index contributed by atoms with van der Waals surface area (Å²) in [6.45, 7) is 3.42. The summed E-state index contributed by atoms with van der Waals surface area (Å²) < 4.78 is 28.5. The van der Waals surface area contributed by atoms with Crippen molar-refractivity contribution in [3.8, 4) is 0 Å². The number of rotatable bonds is 5. The van der Waals surface area contributed by atoms with Gasteiger partial charge in [0.1, 0.15) is 0 Å². The first-order chi connectivity index (χ1) is 9.06. The zero-order chi connectivity index (χ0) is 15.7. The van der Waals surface area contributed by atoms with Crippen molar-refractivity contribution in [1.29, 1.82) is 0 Å². The van der Waals surface area contributed by atoms with E-state index in [0.717, 1.165) is 15.3 Å². The first kappa shape index (κ1) is 16.6. The minimum atomic E-state index is -4.00. The van der Waals surface area contributed by atoms with Crippen molar-refractivity contribution in [2.24, 2.45) is 19.8 Å². The van der Waals surface area contributed by atoms with Crippen LogP contribution in [0.2, 0.25) is 0 Å². The van der Waals surface area contributed by atoms with Crippen LogP contribution in [0.15, 0.2) is 20.7 Å². The van der Waals surface area contributed by atoms with E-state index in [9.17, 15) is 18.0 Å². The first-order valence-corrected chi connectivity index (χ1v) is 7.59. The van der Waals surface area contributed by atoms with Gasteiger partial charge in [-0.1, -0.05) is 0 Å². The summed E-state index contributed by atoms with van der Waals surface area (Å²) in [4.78, 5) is 23.0. The monoisotopic (exact) mass is 304 g/mol. The van der Waals surface area contributed by atoms with Crippen molar-refractivity contribution in [2.75, 3.05) is 0 Å². The number of hydrogen-bond donors (Lipinski definition) is 2. The molecule has 0 fully saturated rings. The fraction of sp³-hybridized carbons (Fsp3) is 0.636. The van der Waals surface area contributed by atoms with E-state index in [1.807, 2.05) is 0 Å². The maximum atomic E-state index is 12.2. The molecule has 0 saturated heterocycles. The van der Waals surface area contributed by atoms with Gasteiger partial charge in [0.2, 0.25) is 10.0 Å². The molecule has 0 radical (unpaired) electrons. The summed E-state index contributed by atoms with van der Waals surface area (Å²) in [7, 11) is -1.38. The summed E-state index contributed by atoms with van der Waals surface area (Å²) in [6.07, 6.45) is 1.46. The van der Waals surface area contributed by atoms with E-state index in [4.69, 9.17) is 5.73 Å². The molecular formula is C11H20N4O4S. The molecule has 2 unspecified atom stereocenters. The van der Waals surface area contributed by atoms with E-state index in [1.54, 1.807) is 13.8 Å². The van der Waals surface area contributed by atoms with Crippen LogP contribution < -0.4 is 21.7 Å². The molecule has 0 bridgehead atoms. The standard InChI is InChI=1S/C11H20N4O4S/c1-7(12)5-8(2)13-20(18,19)9-6-14(3)11(17)15(4)10(9)16/h6-8,13H,5,12H2,1-4H3. The lowest BCUT2D eigenvalue weighted by Gasteiger charge is -2.16. The molecule has 0 aliphatic rings. The lowest BCUT2D eigenvalue weighted by molar-refractivity contribution is 0.515. The summed E-state index contributed by atoms with van der Waals surface area (Å²) in [5.41, 5.74) is 4.16. The molecule has 114 valence electrons.